The van der Waals surface area contributed by atoms with Crippen LogP contribution in [0.5, 0.6) is 0 Å². The van der Waals surface area contributed by atoms with Crippen LogP contribution in [-0.2, 0) is 21.4 Å². The Kier molecular flexibility index (Phi) is 5.05. The summed E-state index contributed by atoms with van der Waals surface area (Å²) in [7, 11) is 0. The first-order valence-electron chi connectivity index (χ1n) is 11.9. The van der Waals surface area contributed by atoms with E-state index in [4.69, 9.17) is 0 Å². The highest BCUT2D eigenvalue weighted by Crippen LogP contribution is 2.69. The molecular formula is C29H26BrNO3. The summed E-state index contributed by atoms with van der Waals surface area (Å²) in [4.78, 5) is 27.0. The number of fused-ring (bicyclic) bond motifs is 1. The highest BCUT2D eigenvalue weighted by molar-refractivity contribution is 9.10. The van der Waals surface area contributed by atoms with Crippen LogP contribution in [0.3, 0.4) is 0 Å². The minimum atomic E-state index is -1.02. The van der Waals surface area contributed by atoms with Gasteiger partial charge in [-0.1, -0.05) is 88.7 Å². The van der Waals surface area contributed by atoms with Crippen LogP contribution in [0.4, 0.5) is 0 Å². The monoisotopic (exact) mass is 515 g/mol. The van der Waals surface area contributed by atoms with E-state index in [0.717, 1.165) is 34.0 Å². The third kappa shape index (κ3) is 2.80. The molecule has 1 heterocycles. The Morgan fingerprint density at radius 1 is 0.971 bits per heavy atom. The normalized spacial score (nSPS) is 31.0. The van der Waals surface area contributed by atoms with Gasteiger partial charge >= 0.3 is 5.97 Å². The number of Topliss-reactive ketones (excluding diaryl/α,β-unsaturated/α-hetero) is 1. The third-order valence-electron chi connectivity index (χ3n) is 8.66. The number of hydrogen-bond donors (Lipinski definition) is 2. The van der Waals surface area contributed by atoms with E-state index in [1.807, 2.05) is 54.6 Å². The van der Waals surface area contributed by atoms with Crippen molar-refractivity contribution in [3.63, 3.8) is 0 Å². The Balaban J connectivity index is 1.55. The van der Waals surface area contributed by atoms with Crippen molar-refractivity contribution in [1.29, 1.82) is 0 Å². The van der Waals surface area contributed by atoms with Gasteiger partial charge in [0.15, 0.2) is 5.78 Å². The van der Waals surface area contributed by atoms with Crippen LogP contribution < -0.4 is 5.32 Å². The van der Waals surface area contributed by atoms with Gasteiger partial charge in [-0.25, -0.2) is 0 Å². The molecule has 5 heteroatoms. The largest absolute Gasteiger partial charge is 0.481 e. The fourth-order valence-electron chi connectivity index (χ4n) is 7.41. The Bertz CT molecular complexity index is 1290. The van der Waals surface area contributed by atoms with Crippen LogP contribution in [0, 0.1) is 11.3 Å². The van der Waals surface area contributed by atoms with Crippen molar-refractivity contribution in [2.24, 2.45) is 11.3 Å². The quantitative estimate of drug-likeness (QED) is 0.496. The van der Waals surface area contributed by atoms with Crippen LogP contribution in [0.2, 0.25) is 0 Å². The third-order valence-corrected chi connectivity index (χ3v) is 9.43. The van der Waals surface area contributed by atoms with Gasteiger partial charge in [-0.15, -0.1) is 0 Å². The van der Waals surface area contributed by atoms with E-state index in [0.29, 0.717) is 6.54 Å². The molecule has 1 aliphatic heterocycles. The van der Waals surface area contributed by atoms with Gasteiger partial charge in [0, 0.05) is 34.7 Å². The zero-order valence-electron chi connectivity index (χ0n) is 18.7. The molecule has 4 nitrogen and oxygen atoms in total. The molecule has 5 unspecified atom stereocenters. The number of rotatable bonds is 5. The van der Waals surface area contributed by atoms with Crippen LogP contribution in [0.15, 0.2) is 83.3 Å². The zero-order chi connectivity index (χ0) is 23.5. The molecule has 0 aromatic heterocycles. The van der Waals surface area contributed by atoms with Crippen molar-refractivity contribution < 1.29 is 14.7 Å². The van der Waals surface area contributed by atoms with Crippen molar-refractivity contribution in [2.45, 2.75) is 36.6 Å². The molecule has 0 amide bonds. The number of carboxylic acids is 1. The van der Waals surface area contributed by atoms with E-state index in [9.17, 15) is 14.7 Å². The van der Waals surface area contributed by atoms with Gasteiger partial charge in [-0.3, -0.25) is 9.59 Å². The maximum Gasteiger partial charge on any atom is 0.311 e. The van der Waals surface area contributed by atoms with Gasteiger partial charge in [-0.05, 0) is 41.2 Å². The standard InChI is InChI=1S/C29H26BrNO3/c30-23-13-7-4-8-18(23)16-24(32)25-26-28(19-9-2-1-3-10-19)15-14-22(20-11-5-6-12-21(20)28)29(26,17-31-25)27(33)34/h1-13,22,25-26,31H,14-17H2,(H,33,34). The Morgan fingerprint density at radius 3 is 2.44 bits per heavy atom. The molecule has 3 aromatic carbocycles. The number of carbonyl (C=O) groups is 2. The van der Waals surface area contributed by atoms with Gasteiger partial charge in [-0.2, -0.15) is 0 Å². The summed E-state index contributed by atoms with van der Waals surface area (Å²) in [5.41, 5.74) is 2.83. The smallest absolute Gasteiger partial charge is 0.311 e. The summed E-state index contributed by atoms with van der Waals surface area (Å²) in [6.07, 6.45) is 1.92. The number of benzene rings is 3. The second kappa shape index (κ2) is 7.89. The molecule has 4 aliphatic rings. The van der Waals surface area contributed by atoms with Crippen LogP contribution in [-0.4, -0.2) is 29.4 Å². The molecule has 1 saturated carbocycles. The molecule has 3 aliphatic carbocycles. The van der Waals surface area contributed by atoms with E-state index in [-0.39, 0.29) is 24.0 Å². The number of aliphatic carboxylic acids is 1. The van der Waals surface area contributed by atoms with E-state index >= 15 is 0 Å². The predicted molar refractivity (Wildman–Crippen MR) is 134 cm³/mol. The summed E-state index contributed by atoms with van der Waals surface area (Å²) in [5.74, 6) is -1.20. The summed E-state index contributed by atoms with van der Waals surface area (Å²) in [6, 6.07) is 25.8. The van der Waals surface area contributed by atoms with Gasteiger partial charge in [0.2, 0.25) is 0 Å². The minimum Gasteiger partial charge on any atom is -0.481 e. The minimum absolute atomic E-state index is 0.0559. The van der Waals surface area contributed by atoms with Gasteiger partial charge < -0.3 is 10.4 Å². The second-order valence-corrected chi connectivity index (χ2v) is 10.8. The fraction of sp³-hybridized carbons (Fsp3) is 0.310. The van der Waals surface area contributed by atoms with Crippen molar-refractivity contribution in [3.05, 3.63) is 106 Å². The molecular weight excluding hydrogens is 490 g/mol. The van der Waals surface area contributed by atoms with Crippen LogP contribution in [0.1, 0.15) is 41.0 Å². The first-order chi connectivity index (χ1) is 16.5. The summed E-state index contributed by atoms with van der Waals surface area (Å²) in [5, 5.41) is 14.2. The number of carboxylic acid groups (broad SMARTS) is 1. The molecule has 2 N–H and O–H groups in total. The molecule has 3 aromatic rings. The maximum absolute atomic E-state index is 13.9. The number of ketones is 1. The first kappa shape index (κ1) is 21.8. The topological polar surface area (TPSA) is 66.4 Å². The molecule has 7 rings (SSSR count). The summed E-state index contributed by atoms with van der Waals surface area (Å²) in [6.45, 7) is 0.312. The molecule has 1 saturated heterocycles. The number of hydrogen-bond acceptors (Lipinski definition) is 3. The predicted octanol–water partition coefficient (Wildman–Crippen LogP) is 5.10. The lowest BCUT2D eigenvalue weighted by molar-refractivity contribution is -0.158. The SMILES string of the molecule is O=C(Cc1ccccc1Br)C1NCC2(C(=O)O)C3CCC(c4ccccc4)(c4ccccc43)C12. The molecule has 5 atom stereocenters. The highest BCUT2D eigenvalue weighted by Gasteiger charge is 2.72. The number of halogens is 1. The molecule has 0 radical (unpaired) electrons. The van der Waals surface area contributed by atoms with Gasteiger partial charge in [0.25, 0.3) is 0 Å². The molecule has 2 fully saturated rings. The molecule has 34 heavy (non-hydrogen) atoms. The van der Waals surface area contributed by atoms with Crippen molar-refractivity contribution >= 4 is 27.7 Å². The maximum atomic E-state index is 13.9. The van der Waals surface area contributed by atoms with Crippen molar-refractivity contribution in [3.8, 4) is 0 Å². The van der Waals surface area contributed by atoms with E-state index in [1.165, 1.54) is 5.56 Å². The van der Waals surface area contributed by atoms with E-state index in [1.54, 1.807) is 0 Å². The number of carbonyl (C=O) groups excluding carboxylic acids is 1. The first-order valence-corrected chi connectivity index (χ1v) is 12.7. The zero-order valence-corrected chi connectivity index (χ0v) is 20.3. The Morgan fingerprint density at radius 2 is 1.68 bits per heavy atom. The highest BCUT2D eigenvalue weighted by atomic mass is 79.9. The average molecular weight is 516 g/mol. The van der Waals surface area contributed by atoms with Gasteiger partial charge in [0.1, 0.15) is 0 Å². The molecule has 172 valence electrons. The van der Waals surface area contributed by atoms with Crippen LogP contribution >= 0.6 is 15.9 Å². The van der Waals surface area contributed by atoms with Crippen molar-refractivity contribution in [1.82, 2.24) is 5.32 Å². The van der Waals surface area contributed by atoms with E-state index < -0.39 is 22.8 Å². The van der Waals surface area contributed by atoms with Crippen LogP contribution in [0.25, 0.3) is 0 Å². The molecule has 0 spiro atoms. The lowest BCUT2D eigenvalue weighted by Gasteiger charge is -2.60. The molecule has 2 bridgehead atoms. The van der Waals surface area contributed by atoms with Gasteiger partial charge in [0.05, 0.1) is 11.5 Å². The Hall–Kier alpha value is -2.76. The second-order valence-electron chi connectivity index (χ2n) is 9.93. The fourth-order valence-corrected chi connectivity index (χ4v) is 7.83. The number of nitrogens with one attached hydrogen (secondary N) is 1. The lowest BCUT2D eigenvalue weighted by atomic mass is 9.41. The van der Waals surface area contributed by atoms with E-state index in [2.05, 4.69) is 45.5 Å². The summed E-state index contributed by atoms with van der Waals surface area (Å²) >= 11 is 3.57. The average Bonchev–Trinajstić information content (AvgIpc) is 3.30. The van der Waals surface area contributed by atoms with Crippen molar-refractivity contribution in [2.75, 3.05) is 6.54 Å². The summed E-state index contributed by atoms with van der Waals surface area (Å²) < 4.78 is 0.902. The Labute approximate surface area is 207 Å². The lowest BCUT2D eigenvalue weighted by Crippen LogP contribution is -2.62.